The van der Waals surface area contributed by atoms with Crippen molar-refractivity contribution < 1.29 is 104 Å². The Morgan fingerprint density at radius 1 is 0.477 bits per heavy atom. The molecule has 0 aromatic heterocycles. The summed E-state index contributed by atoms with van der Waals surface area (Å²) in [4.78, 5) is 38.8. The standard InChI is InChI=1S/C84H158N2O21/c1-4-6-8-10-12-14-16-18-20-22-24-26-28-30-31-32-34-36-38-40-42-44-46-48-50-52-54-56-58-71(94)86-65(66(91)57-55-53-51-49-47-45-43-41-39-37-35-33-29-27-25-23-21-19-17-15-13-11-9-7-5-2)63-102-81-76(98)75(97)78(70(62-89)104-81)105-82-77(99)80(74(96)69(61-88)103-82)107-84(83(100)101)59-67(92)72(85-64(3)90)79(106-84)73(95)68(93)60-87/h30-31,65-70,72-82,87-89,91-93,95-99H,4-29,32-63H2,1-3H3,(H,85,90)(H,86,94)(H,100,101)/b31-30-. The fraction of sp³-hybridized carbons (Fsp3) is 0.940. The fourth-order valence-electron chi connectivity index (χ4n) is 15.4. The normalized spacial score (nSPS) is 26.0. The van der Waals surface area contributed by atoms with Gasteiger partial charge in [0.2, 0.25) is 11.8 Å². The molecule has 2 amide bonds. The topological polar surface area (TPSA) is 373 Å². The van der Waals surface area contributed by atoms with Gasteiger partial charge in [-0.15, -0.1) is 0 Å². The van der Waals surface area contributed by atoms with E-state index in [0.717, 1.165) is 58.3 Å². The summed E-state index contributed by atoms with van der Waals surface area (Å²) in [6.45, 7) is 2.28. The molecule has 0 saturated carbocycles. The zero-order chi connectivity index (χ0) is 78.1. The van der Waals surface area contributed by atoms with Gasteiger partial charge in [0.25, 0.3) is 5.79 Å². The molecule has 630 valence electrons. The second-order valence-corrected chi connectivity index (χ2v) is 31.8. The number of nitrogens with one attached hydrogen (secondary N) is 2. The third-order valence-corrected chi connectivity index (χ3v) is 22.2. The molecule has 3 aliphatic heterocycles. The van der Waals surface area contributed by atoms with Crippen LogP contribution in [0.1, 0.15) is 367 Å². The highest BCUT2D eigenvalue weighted by Crippen LogP contribution is 2.39. The lowest BCUT2D eigenvalue weighted by atomic mass is 9.88. The average Bonchev–Trinajstić information content (AvgIpc) is 0.760. The van der Waals surface area contributed by atoms with Gasteiger partial charge in [-0.1, -0.05) is 321 Å². The van der Waals surface area contributed by atoms with E-state index in [0.29, 0.717) is 19.3 Å². The Kier molecular flexibility index (Phi) is 58.0. The van der Waals surface area contributed by atoms with Gasteiger partial charge in [0.15, 0.2) is 12.6 Å². The molecule has 3 saturated heterocycles. The lowest BCUT2D eigenvalue weighted by Crippen LogP contribution is -2.70. The van der Waals surface area contributed by atoms with Crippen LogP contribution < -0.4 is 10.6 Å². The molecule has 14 N–H and O–H groups in total. The van der Waals surface area contributed by atoms with Crippen LogP contribution in [-0.2, 0) is 42.8 Å². The van der Waals surface area contributed by atoms with Crippen molar-refractivity contribution in [2.45, 2.75) is 477 Å². The zero-order valence-corrected chi connectivity index (χ0v) is 67.0. The Bertz CT molecular complexity index is 2170. The molecule has 23 nitrogen and oxygen atoms in total. The van der Waals surface area contributed by atoms with Gasteiger partial charge in [-0.3, -0.25) is 9.59 Å². The number of allylic oxidation sites excluding steroid dienone is 2. The van der Waals surface area contributed by atoms with Crippen molar-refractivity contribution in [1.82, 2.24) is 10.6 Å². The number of ether oxygens (including phenoxy) is 6. The third kappa shape index (κ3) is 42.4. The van der Waals surface area contributed by atoms with Crippen molar-refractivity contribution in [1.29, 1.82) is 0 Å². The van der Waals surface area contributed by atoms with E-state index in [1.165, 1.54) is 263 Å². The van der Waals surface area contributed by atoms with Crippen LogP contribution in [0.2, 0.25) is 0 Å². The molecular formula is C84H158N2O21. The number of aliphatic carboxylic acids is 1. The maximum Gasteiger partial charge on any atom is 0.364 e. The molecular weight excluding hydrogens is 1370 g/mol. The molecule has 0 radical (unpaired) electrons. The highest BCUT2D eigenvalue weighted by molar-refractivity contribution is 5.77. The Balaban J connectivity index is 1.48. The van der Waals surface area contributed by atoms with Crippen molar-refractivity contribution in [3.05, 3.63) is 12.2 Å². The Morgan fingerprint density at radius 2 is 0.869 bits per heavy atom. The van der Waals surface area contributed by atoms with E-state index in [1.54, 1.807) is 0 Å². The SMILES string of the molecule is CCCCCCCCCCCCCC/C=C\CCCCCCCCCCCCCCC(=O)NC(COC1OC(CO)C(OC2OC(CO)C(O)C(OC3(C(=O)O)CC(O)C(NC(C)=O)C(C(O)C(O)CO)O3)C2O)C(O)C1O)C(O)CCCCCCCCCCCCCCCCCCCCCCCCCCC. The Morgan fingerprint density at radius 3 is 1.26 bits per heavy atom. The van der Waals surface area contributed by atoms with Crippen LogP contribution in [0.3, 0.4) is 0 Å². The van der Waals surface area contributed by atoms with Gasteiger partial charge in [-0.25, -0.2) is 4.79 Å². The molecule has 18 atom stereocenters. The van der Waals surface area contributed by atoms with Crippen LogP contribution in [0.4, 0.5) is 0 Å². The first-order chi connectivity index (χ1) is 51.9. The van der Waals surface area contributed by atoms with E-state index in [-0.39, 0.29) is 18.9 Å². The van der Waals surface area contributed by atoms with E-state index in [2.05, 4.69) is 36.6 Å². The number of hydrogen-bond acceptors (Lipinski definition) is 20. The molecule has 107 heavy (non-hydrogen) atoms. The molecule has 18 unspecified atom stereocenters. The molecule has 3 aliphatic rings. The first kappa shape index (κ1) is 98.7. The van der Waals surface area contributed by atoms with Crippen LogP contribution in [0.5, 0.6) is 0 Å². The van der Waals surface area contributed by atoms with Crippen LogP contribution >= 0.6 is 0 Å². The minimum Gasteiger partial charge on any atom is -0.477 e. The lowest BCUT2D eigenvalue weighted by molar-refractivity contribution is -0.386. The van der Waals surface area contributed by atoms with E-state index < -0.39 is 148 Å². The molecule has 0 aromatic rings. The minimum atomic E-state index is -3.08. The number of aliphatic hydroxyl groups excluding tert-OH is 11. The second-order valence-electron chi connectivity index (χ2n) is 31.8. The predicted molar refractivity (Wildman–Crippen MR) is 417 cm³/mol. The van der Waals surface area contributed by atoms with E-state index in [9.17, 15) is 75.7 Å². The van der Waals surface area contributed by atoms with Crippen LogP contribution in [0, 0.1) is 0 Å². The van der Waals surface area contributed by atoms with Gasteiger partial charge in [-0.05, 0) is 38.5 Å². The summed E-state index contributed by atoms with van der Waals surface area (Å²) in [6.07, 6.45) is 40.6. The van der Waals surface area contributed by atoms with Crippen LogP contribution in [0.15, 0.2) is 12.2 Å². The quantitative estimate of drug-likeness (QED) is 0.0199. The van der Waals surface area contributed by atoms with Crippen molar-refractivity contribution in [3.8, 4) is 0 Å². The zero-order valence-electron chi connectivity index (χ0n) is 67.0. The van der Waals surface area contributed by atoms with Crippen molar-refractivity contribution in [2.24, 2.45) is 0 Å². The maximum absolute atomic E-state index is 13.6. The van der Waals surface area contributed by atoms with Gasteiger partial charge >= 0.3 is 5.97 Å². The lowest BCUT2D eigenvalue weighted by Gasteiger charge is -2.50. The number of unbranched alkanes of at least 4 members (excludes halogenated alkanes) is 48. The third-order valence-electron chi connectivity index (χ3n) is 22.2. The second kappa shape index (κ2) is 62.9. The number of hydrogen-bond donors (Lipinski definition) is 14. The van der Waals surface area contributed by atoms with Gasteiger partial charge in [0, 0.05) is 19.8 Å². The monoisotopic (exact) mass is 1530 g/mol. The number of aliphatic hydroxyl groups is 11. The van der Waals surface area contributed by atoms with Gasteiger partial charge in [0.05, 0.1) is 50.7 Å². The summed E-state index contributed by atoms with van der Waals surface area (Å²) in [7, 11) is 0. The predicted octanol–water partition coefficient (Wildman–Crippen LogP) is 12.9. The number of rotatable bonds is 70. The van der Waals surface area contributed by atoms with E-state index >= 15 is 0 Å². The van der Waals surface area contributed by atoms with Crippen LogP contribution in [-0.4, -0.2) is 215 Å². The molecule has 3 rings (SSSR count). The minimum absolute atomic E-state index is 0.226. The number of amides is 2. The van der Waals surface area contributed by atoms with Crippen molar-refractivity contribution in [3.63, 3.8) is 0 Å². The first-order valence-corrected chi connectivity index (χ1v) is 43.5. The summed E-state index contributed by atoms with van der Waals surface area (Å²) >= 11 is 0. The Hall–Kier alpha value is -2.53. The summed E-state index contributed by atoms with van der Waals surface area (Å²) in [5, 5.41) is 137. The van der Waals surface area contributed by atoms with E-state index in [4.69, 9.17) is 28.4 Å². The molecule has 0 spiro atoms. The highest BCUT2D eigenvalue weighted by atomic mass is 16.8. The van der Waals surface area contributed by atoms with Gasteiger partial charge in [-0.2, -0.15) is 0 Å². The largest absolute Gasteiger partial charge is 0.477 e. The fourth-order valence-corrected chi connectivity index (χ4v) is 15.4. The van der Waals surface area contributed by atoms with Gasteiger partial charge in [0.1, 0.15) is 67.1 Å². The molecule has 23 heteroatoms. The molecule has 3 heterocycles. The maximum atomic E-state index is 13.6. The smallest absolute Gasteiger partial charge is 0.364 e. The number of carbonyl (C=O) groups is 3. The number of carboxylic acids is 1. The Labute approximate surface area is 645 Å². The molecule has 0 aliphatic carbocycles. The molecule has 3 fully saturated rings. The highest BCUT2D eigenvalue weighted by Gasteiger charge is 2.60. The van der Waals surface area contributed by atoms with Crippen molar-refractivity contribution >= 4 is 17.8 Å². The van der Waals surface area contributed by atoms with Crippen molar-refractivity contribution in [2.75, 3.05) is 26.4 Å². The summed E-state index contributed by atoms with van der Waals surface area (Å²) in [5.74, 6) is -6.09. The summed E-state index contributed by atoms with van der Waals surface area (Å²) in [6, 6.07) is -2.53. The van der Waals surface area contributed by atoms with Gasteiger partial charge < -0.3 is 100 Å². The number of carbonyl (C=O) groups excluding carboxylic acids is 2. The molecule has 0 aromatic carbocycles. The molecule has 0 bridgehead atoms. The van der Waals surface area contributed by atoms with E-state index in [1.807, 2.05) is 0 Å². The average molecular weight is 1530 g/mol. The summed E-state index contributed by atoms with van der Waals surface area (Å²) < 4.78 is 35.0. The summed E-state index contributed by atoms with van der Waals surface area (Å²) in [5.41, 5.74) is 0. The first-order valence-electron chi connectivity index (χ1n) is 43.5. The van der Waals surface area contributed by atoms with Crippen LogP contribution in [0.25, 0.3) is 0 Å². The number of carboxylic acid groups (broad SMARTS) is 1.